The molecule has 0 unspecified atom stereocenters. The number of benzene rings is 3. The molecule has 0 bridgehead atoms. The highest BCUT2D eigenvalue weighted by molar-refractivity contribution is 5.90. The Bertz CT molecular complexity index is 967. The summed E-state index contributed by atoms with van der Waals surface area (Å²) in [4.78, 5) is 24.2. The van der Waals surface area contributed by atoms with Crippen LogP contribution in [0.25, 0.3) is 0 Å². The van der Waals surface area contributed by atoms with E-state index in [9.17, 15) is 9.59 Å². The van der Waals surface area contributed by atoms with Crippen molar-refractivity contribution < 1.29 is 28.5 Å². The molecule has 3 aromatic rings. The van der Waals surface area contributed by atoms with Gasteiger partial charge in [0.25, 0.3) is 0 Å². The fourth-order valence-electron chi connectivity index (χ4n) is 2.52. The predicted molar refractivity (Wildman–Crippen MR) is 111 cm³/mol. The van der Waals surface area contributed by atoms with Crippen LogP contribution in [0.2, 0.25) is 0 Å². The van der Waals surface area contributed by atoms with E-state index in [1.54, 1.807) is 30.3 Å². The molecule has 0 saturated carbocycles. The molecule has 0 aliphatic heterocycles. The number of hydrogen-bond donors (Lipinski definition) is 0. The largest absolute Gasteiger partial charge is 0.490 e. The van der Waals surface area contributed by atoms with Crippen molar-refractivity contribution in [2.75, 3.05) is 19.8 Å². The molecule has 0 amide bonds. The molecule has 0 atom stereocenters. The van der Waals surface area contributed by atoms with Gasteiger partial charge in [-0.1, -0.05) is 42.0 Å². The minimum Gasteiger partial charge on any atom is -0.490 e. The SMILES string of the molecule is Cc1ccc(OCC(=O)Oc2cccc(C(=O)OCCOc3ccccc3)c2)cc1. The molecule has 6 nitrogen and oxygen atoms in total. The Morgan fingerprint density at radius 1 is 0.733 bits per heavy atom. The standard InChI is InChI=1S/C24H22O6/c1-18-10-12-21(13-11-18)29-17-23(25)30-22-9-5-6-19(16-22)24(26)28-15-14-27-20-7-3-2-4-8-20/h2-13,16H,14-15,17H2,1H3. The Hall–Kier alpha value is -3.80. The van der Waals surface area contributed by atoms with Gasteiger partial charge in [0.05, 0.1) is 5.56 Å². The number of ether oxygens (including phenoxy) is 4. The summed E-state index contributed by atoms with van der Waals surface area (Å²) < 4.78 is 21.3. The molecule has 6 heteroatoms. The lowest BCUT2D eigenvalue weighted by Gasteiger charge is -2.09. The van der Waals surface area contributed by atoms with Crippen LogP contribution in [-0.2, 0) is 9.53 Å². The molecule has 0 radical (unpaired) electrons. The fraction of sp³-hybridized carbons (Fsp3) is 0.167. The smallest absolute Gasteiger partial charge is 0.349 e. The van der Waals surface area contributed by atoms with Crippen LogP contribution in [0.5, 0.6) is 17.2 Å². The molecule has 0 N–H and O–H groups in total. The van der Waals surface area contributed by atoms with Crippen molar-refractivity contribution in [1.82, 2.24) is 0 Å². The van der Waals surface area contributed by atoms with E-state index >= 15 is 0 Å². The van der Waals surface area contributed by atoms with Crippen LogP contribution in [0.3, 0.4) is 0 Å². The van der Waals surface area contributed by atoms with E-state index in [-0.39, 0.29) is 31.1 Å². The Labute approximate surface area is 175 Å². The monoisotopic (exact) mass is 406 g/mol. The first-order valence-electron chi connectivity index (χ1n) is 9.45. The topological polar surface area (TPSA) is 71.1 Å². The summed E-state index contributed by atoms with van der Waals surface area (Å²) in [6.07, 6.45) is 0. The Balaban J connectivity index is 1.44. The van der Waals surface area contributed by atoms with Gasteiger partial charge in [0, 0.05) is 0 Å². The summed E-state index contributed by atoms with van der Waals surface area (Å²) in [7, 11) is 0. The normalized spacial score (nSPS) is 10.2. The average Bonchev–Trinajstić information content (AvgIpc) is 2.77. The van der Waals surface area contributed by atoms with Gasteiger partial charge in [-0.3, -0.25) is 0 Å². The second kappa shape index (κ2) is 10.7. The van der Waals surface area contributed by atoms with Crippen LogP contribution in [0.4, 0.5) is 0 Å². The molecular formula is C24H22O6. The highest BCUT2D eigenvalue weighted by Gasteiger charge is 2.11. The van der Waals surface area contributed by atoms with Gasteiger partial charge in [0.1, 0.15) is 30.5 Å². The average molecular weight is 406 g/mol. The lowest BCUT2D eigenvalue weighted by Crippen LogP contribution is -2.18. The van der Waals surface area contributed by atoms with Gasteiger partial charge in [0.2, 0.25) is 0 Å². The number of aryl methyl sites for hydroxylation is 1. The van der Waals surface area contributed by atoms with E-state index in [2.05, 4.69) is 0 Å². The van der Waals surface area contributed by atoms with Gasteiger partial charge in [-0.25, -0.2) is 9.59 Å². The first-order valence-corrected chi connectivity index (χ1v) is 9.45. The van der Waals surface area contributed by atoms with E-state index < -0.39 is 11.9 Å². The Kier molecular flexibility index (Phi) is 7.44. The number of esters is 2. The van der Waals surface area contributed by atoms with Gasteiger partial charge in [0.15, 0.2) is 6.61 Å². The van der Waals surface area contributed by atoms with Crippen molar-refractivity contribution >= 4 is 11.9 Å². The first kappa shape index (κ1) is 20.9. The van der Waals surface area contributed by atoms with E-state index in [1.807, 2.05) is 49.4 Å². The summed E-state index contributed by atoms with van der Waals surface area (Å²) in [5.74, 6) is 0.420. The van der Waals surface area contributed by atoms with E-state index in [4.69, 9.17) is 18.9 Å². The van der Waals surface area contributed by atoms with Crippen LogP contribution in [-0.4, -0.2) is 31.8 Å². The lowest BCUT2D eigenvalue weighted by atomic mass is 10.2. The molecule has 0 aromatic heterocycles. The zero-order valence-corrected chi connectivity index (χ0v) is 16.6. The number of para-hydroxylation sites is 1. The number of rotatable bonds is 9. The maximum atomic E-state index is 12.2. The van der Waals surface area contributed by atoms with Crippen LogP contribution in [0.1, 0.15) is 15.9 Å². The Morgan fingerprint density at radius 2 is 1.43 bits per heavy atom. The van der Waals surface area contributed by atoms with Gasteiger partial charge in [-0.05, 0) is 49.4 Å². The second-order valence-electron chi connectivity index (χ2n) is 6.40. The van der Waals surface area contributed by atoms with Crippen molar-refractivity contribution in [3.63, 3.8) is 0 Å². The van der Waals surface area contributed by atoms with E-state index in [1.165, 1.54) is 6.07 Å². The third-order valence-corrected chi connectivity index (χ3v) is 4.01. The quantitative estimate of drug-likeness (QED) is 0.301. The lowest BCUT2D eigenvalue weighted by molar-refractivity contribution is -0.136. The zero-order chi connectivity index (χ0) is 21.2. The summed E-state index contributed by atoms with van der Waals surface area (Å²) in [5, 5.41) is 0. The van der Waals surface area contributed by atoms with E-state index in [0.717, 1.165) is 5.56 Å². The van der Waals surface area contributed by atoms with Crippen molar-refractivity contribution in [2.45, 2.75) is 6.92 Å². The van der Waals surface area contributed by atoms with Gasteiger partial charge in [-0.2, -0.15) is 0 Å². The molecule has 0 fully saturated rings. The molecule has 0 spiro atoms. The summed E-state index contributed by atoms with van der Waals surface area (Å²) in [6, 6.07) is 22.8. The van der Waals surface area contributed by atoms with Crippen LogP contribution < -0.4 is 14.2 Å². The predicted octanol–water partition coefficient (Wildman–Crippen LogP) is 4.22. The second-order valence-corrected chi connectivity index (χ2v) is 6.40. The fourth-order valence-corrected chi connectivity index (χ4v) is 2.52. The Morgan fingerprint density at radius 3 is 2.20 bits per heavy atom. The highest BCUT2D eigenvalue weighted by atomic mass is 16.6. The highest BCUT2D eigenvalue weighted by Crippen LogP contribution is 2.16. The van der Waals surface area contributed by atoms with Crippen molar-refractivity contribution in [3.8, 4) is 17.2 Å². The number of carbonyl (C=O) groups is 2. The molecule has 0 aliphatic carbocycles. The minimum atomic E-state index is -0.572. The van der Waals surface area contributed by atoms with Crippen LogP contribution in [0.15, 0.2) is 78.9 Å². The maximum absolute atomic E-state index is 12.2. The molecule has 30 heavy (non-hydrogen) atoms. The van der Waals surface area contributed by atoms with Gasteiger partial charge >= 0.3 is 11.9 Å². The molecular weight excluding hydrogens is 384 g/mol. The van der Waals surface area contributed by atoms with Gasteiger partial charge in [-0.15, -0.1) is 0 Å². The first-order chi connectivity index (χ1) is 14.6. The van der Waals surface area contributed by atoms with Crippen molar-refractivity contribution in [1.29, 1.82) is 0 Å². The maximum Gasteiger partial charge on any atom is 0.349 e. The summed E-state index contributed by atoms with van der Waals surface area (Å²) in [5.41, 5.74) is 1.37. The van der Waals surface area contributed by atoms with Crippen molar-refractivity contribution in [2.24, 2.45) is 0 Å². The van der Waals surface area contributed by atoms with E-state index in [0.29, 0.717) is 11.5 Å². The molecule has 154 valence electrons. The van der Waals surface area contributed by atoms with Crippen molar-refractivity contribution in [3.05, 3.63) is 90.0 Å². The summed E-state index contributed by atoms with van der Waals surface area (Å²) in [6.45, 7) is 2.06. The number of hydrogen-bond acceptors (Lipinski definition) is 6. The van der Waals surface area contributed by atoms with Gasteiger partial charge < -0.3 is 18.9 Å². The molecule has 3 rings (SSSR count). The molecule has 3 aromatic carbocycles. The van der Waals surface area contributed by atoms with Crippen LogP contribution >= 0.6 is 0 Å². The van der Waals surface area contributed by atoms with Crippen LogP contribution in [0, 0.1) is 6.92 Å². The number of carbonyl (C=O) groups excluding carboxylic acids is 2. The molecule has 0 aliphatic rings. The molecule has 0 heterocycles. The summed E-state index contributed by atoms with van der Waals surface area (Å²) >= 11 is 0. The third-order valence-electron chi connectivity index (χ3n) is 4.01. The minimum absolute atomic E-state index is 0.0993. The third kappa shape index (κ3) is 6.67. The zero-order valence-electron chi connectivity index (χ0n) is 16.6. The molecule has 0 saturated heterocycles.